The molecule has 2 rings (SSSR count). The highest BCUT2D eigenvalue weighted by Gasteiger charge is 2.27. The van der Waals surface area contributed by atoms with Crippen molar-refractivity contribution in [3.8, 4) is 0 Å². The maximum absolute atomic E-state index is 12.9. The number of urea groups is 1. The number of carbonyl (C=O) groups excluding carboxylic acids is 2. The van der Waals surface area contributed by atoms with Crippen molar-refractivity contribution in [1.82, 2.24) is 4.90 Å². The minimum atomic E-state index is -1.05. The van der Waals surface area contributed by atoms with Gasteiger partial charge in [0.25, 0.3) is 0 Å². The average Bonchev–Trinajstić information content (AvgIpc) is 2.70. The van der Waals surface area contributed by atoms with Gasteiger partial charge in [0.15, 0.2) is 11.6 Å². The zero-order valence-corrected chi connectivity index (χ0v) is 9.39. The van der Waals surface area contributed by atoms with Crippen molar-refractivity contribution in [3.05, 3.63) is 29.8 Å². The van der Waals surface area contributed by atoms with Gasteiger partial charge < -0.3 is 5.32 Å². The van der Waals surface area contributed by atoms with Crippen LogP contribution in [0.4, 0.5) is 19.3 Å². The second-order valence-corrected chi connectivity index (χ2v) is 4.31. The third-order valence-corrected chi connectivity index (χ3v) is 3.05. The van der Waals surface area contributed by atoms with Crippen LogP contribution < -0.4 is 5.32 Å². The average molecular weight is 258 g/mol. The van der Waals surface area contributed by atoms with Gasteiger partial charge in [-0.25, -0.2) is 13.6 Å². The van der Waals surface area contributed by atoms with Gasteiger partial charge >= 0.3 is 6.03 Å². The molecule has 1 aromatic carbocycles. The maximum atomic E-state index is 12.9. The Morgan fingerprint density at radius 2 is 2.12 bits per heavy atom. The van der Waals surface area contributed by atoms with E-state index in [4.69, 9.17) is 0 Å². The van der Waals surface area contributed by atoms with Gasteiger partial charge in [0.1, 0.15) is 0 Å². The van der Waals surface area contributed by atoms with E-state index in [1.165, 1.54) is 17.8 Å². The topological polar surface area (TPSA) is 49.4 Å². The van der Waals surface area contributed by atoms with Crippen molar-refractivity contribution in [2.45, 2.75) is 0 Å². The Morgan fingerprint density at radius 1 is 1.35 bits per heavy atom. The van der Waals surface area contributed by atoms with E-state index >= 15 is 0 Å². The van der Waals surface area contributed by atoms with Crippen molar-refractivity contribution >= 4 is 29.4 Å². The van der Waals surface area contributed by atoms with Crippen LogP contribution in [0, 0.1) is 11.6 Å². The number of anilines is 1. The van der Waals surface area contributed by atoms with Gasteiger partial charge in [-0.05, 0) is 12.1 Å². The molecule has 1 aliphatic rings. The monoisotopic (exact) mass is 258 g/mol. The van der Waals surface area contributed by atoms with Crippen LogP contribution in [-0.4, -0.2) is 28.5 Å². The molecular weight excluding hydrogens is 250 g/mol. The van der Waals surface area contributed by atoms with E-state index in [0.717, 1.165) is 17.0 Å². The fourth-order valence-corrected chi connectivity index (χ4v) is 2.18. The summed E-state index contributed by atoms with van der Waals surface area (Å²) in [5, 5.41) is 2.33. The number of thioether (sulfide) groups is 1. The molecule has 1 fully saturated rings. The highest BCUT2D eigenvalue weighted by Crippen LogP contribution is 2.18. The number of benzene rings is 1. The molecule has 0 atom stereocenters. The van der Waals surface area contributed by atoms with Gasteiger partial charge in [-0.1, -0.05) is 0 Å². The van der Waals surface area contributed by atoms with Crippen LogP contribution in [0.5, 0.6) is 0 Å². The third-order valence-electron chi connectivity index (χ3n) is 2.16. The molecule has 7 heteroatoms. The zero-order chi connectivity index (χ0) is 12.4. The summed E-state index contributed by atoms with van der Waals surface area (Å²) in [6.45, 7) is 0. The van der Waals surface area contributed by atoms with Crippen LogP contribution in [0.2, 0.25) is 0 Å². The first kappa shape index (κ1) is 11.8. The molecule has 4 nitrogen and oxygen atoms in total. The third kappa shape index (κ3) is 2.55. The molecule has 1 heterocycles. The number of hydrogen-bond donors (Lipinski definition) is 1. The number of halogens is 2. The first-order valence-electron chi connectivity index (χ1n) is 4.72. The molecule has 0 aromatic heterocycles. The number of nitrogens with one attached hydrogen (secondary N) is 1. The number of amides is 3. The Bertz CT molecular complexity index is 481. The van der Waals surface area contributed by atoms with Crippen molar-refractivity contribution in [1.29, 1.82) is 0 Å². The van der Waals surface area contributed by atoms with Crippen LogP contribution in [0.15, 0.2) is 18.2 Å². The molecule has 1 aromatic rings. The molecule has 1 N–H and O–H groups in total. The van der Waals surface area contributed by atoms with E-state index in [-0.39, 0.29) is 23.2 Å². The van der Waals surface area contributed by atoms with Gasteiger partial charge in [0.2, 0.25) is 5.91 Å². The predicted octanol–water partition coefficient (Wildman–Crippen LogP) is 2.03. The van der Waals surface area contributed by atoms with Crippen LogP contribution in [0.3, 0.4) is 0 Å². The van der Waals surface area contributed by atoms with Gasteiger partial charge in [-0.2, -0.15) is 0 Å². The van der Waals surface area contributed by atoms with E-state index in [0.29, 0.717) is 0 Å². The van der Waals surface area contributed by atoms with Gasteiger partial charge in [0, 0.05) is 11.8 Å². The molecule has 17 heavy (non-hydrogen) atoms. The lowest BCUT2D eigenvalue weighted by Gasteiger charge is -2.13. The molecule has 90 valence electrons. The van der Waals surface area contributed by atoms with Crippen molar-refractivity contribution < 1.29 is 18.4 Å². The minimum Gasteiger partial charge on any atom is -0.307 e. The SMILES string of the molecule is O=C1CSCN1C(=O)Nc1ccc(F)c(F)c1. The van der Waals surface area contributed by atoms with Crippen molar-refractivity contribution in [3.63, 3.8) is 0 Å². The van der Waals surface area contributed by atoms with Crippen molar-refractivity contribution in [2.24, 2.45) is 0 Å². The Labute approximate surface area is 100.0 Å². The number of hydrogen-bond acceptors (Lipinski definition) is 3. The molecule has 0 unspecified atom stereocenters. The van der Waals surface area contributed by atoms with Gasteiger partial charge in [-0.15, -0.1) is 11.8 Å². The van der Waals surface area contributed by atoms with E-state index in [1.54, 1.807) is 0 Å². The van der Waals surface area contributed by atoms with Gasteiger partial charge in [0.05, 0.1) is 11.6 Å². The number of nitrogens with zero attached hydrogens (tertiary/aromatic N) is 1. The summed E-state index contributed by atoms with van der Waals surface area (Å²) in [7, 11) is 0. The minimum absolute atomic E-state index is 0.110. The second kappa shape index (κ2) is 4.70. The molecule has 0 radical (unpaired) electrons. The Balaban J connectivity index is 2.07. The van der Waals surface area contributed by atoms with E-state index in [9.17, 15) is 18.4 Å². The second-order valence-electron chi connectivity index (χ2n) is 3.36. The highest BCUT2D eigenvalue weighted by atomic mass is 32.2. The van der Waals surface area contributed by atoms with Crippen LogP contribution >= 0.6 is 11.8 Å². The molecule has 3 amide bonds. The van der Waals surface area contributed by atoms with E-state index in [1.807, 2.05) is 0 Å². The summed E-state index contributed by atoms with van der Waals surface area (Å²) in [6, 6.07) is 2.36. The summed E-state index contributed by atoms with van der Waals surface area (Å²) < 4.78 is 25.5. The van der Waals surface area contributed by atoms with Crippen LogP contribution in [0.1, 0.15) is 0 Å². The molecule has 0 spiro atoms. The smallest absolute Gasteiger partial charge is 0.307 e. The lowest BCUT2D eigenvalue weighted by atomic mass is 10.3. The summed E-state index contributed by atoms with van der Waals surface area (Å²) in [5.74, 6) is -1.81. The summed E-state index contributed by atoms with van der Waals surface area (Å²) in [6.07, 6.45) is 0. The Hall–Kier alpha value is -1.63. The van der Waals surface area contributed by atoms with Crippen molar-refractivity contribution in [2.75, 3.05) is 16.9 Å². The zero-order valence-electron chi connectivity index (χ0n) is 8.57. The Morgan fingerprint density at radius 3 is 2.71 bits per heavy atom. The first-order chi connectivity index (χ1) is 8.08. The molecule has 0 bridgehead atoms. The summed E-state index contributed by atoms with van der Waals surface area (Å²) >= 11 is 1.32. The number of carbonyl (C=O) groups is 2. The molecule has 1 saturated heterocycles. The predicted molar refractivity (Wildman–Crippen MR) is 59.5 cm³/mol. The largest absolute Gasteiger partial charge is 0.329 e. The van der Waals surface area contributed by atoms with Crippen LogP contribution in [0.25, 0.3) is 0 Å². The normalized spacial score (nSPS) is 15.2. The molecular formula is C10H8F2N2O2S. The number of imide groups is 1. The lowest BCUT2D eigenvalue weighted by Crippen LogP contribution is -2.36. The quantitative estimate of drug-likeness (QED) is 0.838. The maximum Gasteiger partial charge on any atom is 0.329 e. The lowest BCUT2D eigenvalue weighted by molar-refractivity contribution is -0.123. The summed E-state index contributed by atoms with van der Waals surface area (Å²) in [4.78, 5) is 23.8. The summed E-state index contributed by atoms with van der Waals surface area (Å²) in [5.41, 5.74) is 0.110. The first-order valence-corrected chi connectivity index (χ1v) is 5.87. The fraction of sp³-hybridized carbons (Fsp3) is 0.200. The fourth-order valence-electron chi connectivity index (χ4n) is 1.31. The number of rotatable bonds is 1. The standard InChI is InChI=1S/C10H8F2N2O2S/c11-7-2-1-6(3-8(7)12)13-10(16)14-5-17-4-9(14)15/h1-3H,4-5H2,(H,13,16). The van der Waals surface area contributed by atoms with Gasteiger partial charge in [-0.3, -0.25) is 9.69 Å². The highest BCUT2D eigenvalue weighted by molar-refractivity contribution is 8.00. The molecule has 0 aliphatic carbocycles. The molecule has 1 aliphatic heterocycles. The Kier molecular flexibility index (Phi) is 3.28. The van der Waals surface area contributed by atoms with E-state index < -0.39 is 17.7 Å². The molecule has 0 saturated carbocycles. The van der Waals surface area contributed by atoms with E-state index in [2.05, 4.69) is 5.32 Å². The van der Waals surface area contributed by atoms with Crippen LogP contribution in [-0.2, 0) is 4.79 Å².